The Bertz CT molecular complexity index is 540. The normalized spacial score (nSPS) is 12.2. The first kappa shape index (κ1) is 12.9. The standard InChI is InChI=1S/C14H14BrFN2/c1-9(10-5-7-11(15)8-6-10)18-13-4-2-3-12(16)14(13)17/h2-9,18H,17H2,1H3. The highest BCUT2D eigenvalue weighted by Gasteiger charge is 2.09. The predicted octanol–water partition coefficient (Wildman–Crippen LogP) is 4.34. The molecule has 0 saturated heterocycles. The summed E-state index contributed by atoms with van der Waals surface area (Å²) in [4.78, 5) is 0. The molecule has 1 atom stereocenters. The van der Waals surface area contributed by atoms with Crippen LogP contribution in [0.5, 0.6) is 0 Å². The fraction of sp³-hybridized carbons (Fsp3) is 0.143. The van der Waals surface area contributed by atoms with Gasteiger partial charge in [-0.15, -0.1) is 0 Å². The Kier molecular flexibility index (Phi) is 3.87. The molecule has 2 aromatic carbocycles. The van der Waals surface area contributed by atoms with Gasteiger partial charge in [-0.25, -0.2) is 4.39 Å². The van der Waals surface area contributed by atoms with Gasteiger partial charge in [0.1, 0.15) is 5.82 Å². The first-order chi connectivity index (χ1) is 8.58. The van der Waals surface area contributed by atoms with Gasteiger partial charge in [0.2, 0.25) is 0 Å². The zero-order valence-corrected chi connectivity index (χ0v) is 11.5. The second-order valence-electron chi connectivity index (χ2n) is 4.12. The van der Waals surface area contributed by atoms with E-state index in [-0.39, 0.29) is 11.7 Å². The third-order valence-corrected chi connectivity index (χ3v) is 3.32. The van der Waals surface area contributed by atoms with E-state index < -0.39 is 5.82 Å². The topological polar surface area (TPSA) is 38.0 Å². The number of benzene rings is 2. The van der Waals surface area contributed by atoms with E-state index >= 15 is 0 Å². The van der Waals surface area contributed by atoms with Crippen LogP contribution < -0.4 is 11.1 Å². The molecule has 2 aromatic rings. The number of nitrogens with one attached hydrogen (secondary N) is 1. The first-order valence-corrected chi connectivity index (χ1v) is 6.43. The Labute approximate surface area is 114 Å². The summed E-state index contributed by atoms with van der Waals surface area (Å²) in [6.45, 7) is 2.01. The van der Waals surface area contributed by atoms with E-state index in [4.69, 9.17) is 5.73 Å². The predicted molar refractivity (Wildman–Crippen MR) is 77.0 cm³/mol. The lowest BCUT2D eigenvalue weighted by Crippen LogP contribution is -2.09. The minimum Gasteiger partial charge on any atom is -0.395 e. The smallest absolute Gasteiger partial charge is 0.148 e. The molecule has 0 aromatic heterocycles. The van der Waals surface area contributed by atoms with E-state index in [0.717, 1.165) is 10.0 Å². The van der Waals surface area contributed by atoms with Crippen LogP contribution in [0, 0.1) is 5.82 Å². The van der Waals surface area contributed by atoms with Crippen LogP contribution in [0.4, 0.5) is 15.8 Å². The monoisotopic (exact) mass is 308 g/mol. The van der Waals surface area contributed by atoms with Crippen molar-refractivity contribution in [2.24, 2.45) is 0 Å². The molecule has 94 valence electrons. The molecular weight excluding hydrogens is 295 g/mol. The number of nitrogen functional groups attached to an aromatic ring is 1. The van der Waals surface area contributed by atoms with Gasteiger partial charge in [0.15, 0.2) is 0 Å². The molecule has 3 N–H and O–H groups in total. The summed E-state index contributed by atoms with van der Waals surface area (Å²) >= 11 is 3.39. The van der Waals surface area contributed by atoms with Crippen LogP contribution >= 0.6 is 15.9 Å². The molecule has 0 amide bonds. The van der Waals surface area contributed by atoms with E-state index in [1.54, 1.807) is 12.1 Å². The average molecular weight is 309 g/mol. The van der Waals surface area contributed by atoms with Crippen LogP contribution in [0.2, 0.25) is 0 Å². The van der Waals surface area contributed by atoms with Gasteiger partial charge in [0, 0.05) is 10.5 Å². The summed E-state index contributed by atoms with van der Waals surface area (Å²) in [6.07, 6.45) is 0. The Morgan fingerprint density at radius 3 is 2.50 bits per heavy atom. The number of rotatable bonds is 3. The maximum Gasteiger partial charge on any atom is 0.148 e. The summed E-state index contributed by atoms with van der Waals surface area (Å²) in [7, 11) is 0. The minimum absolute atomic E-state index is 0.0576. The molecule has 0 aliphatic rings. The fourth-order valence-electron chi connectivity index (χ4n) is 1.73. The highest BCUT2D eigenvalue weighted by atomic mass is 79.9. The fourth-order valence-corrected chi connectivity index (χ4v) is 2.00. The number of halogens is 2. The van der Waals surface area contributed by atoms with Gasteiger partial charge < -0.3 is 11.1 Å². The van der Waals surface area contributed by atoms with Gasteiger partial charge in [0.05, 0.1) is 11.4 Å². The molecule has 1 unspecified atom stereocenters. The van der Waals surface area contributed by atoms with Crippen LogP contribution in [0.15, 0.2) is 46.9 Å². The zero-order valence-electron chi connectivity index (χ0n) is 9.95. The molecule has 0 aliphatic heterocycles. The second-order valence-corrected chi connectivity index (χ2v) is 5.03. The van der Waals surface area contributed by atoms with E-state index in [1.165, 1.54) is 6.07 Å². The highest BCUT2D eigenvalue weighted by Crippen LogP contribution is 2.26. The molecule has 0 saturated carbocycles. The van der Waals surface area contributed by atoms with Gasteiger partial charge in [0.25, 0.3) is 0 Å². The Morgan fingerprint density at radius 1 is 1.17 bits per heavy atom. The molecule has 0 aliphatic carbocycles. The summed E-state index contributed by atoms with van der Waals surface area (Å²) in [5.41, 5.74) is 7.57. The van der Waals surface area contributed by atoms with Gasteiger partial charge in [-0.3, -0.25) is 0 Å². The van der Waals surface area contributed by atoms with Crippen molar-refractivity contribution in [3.05, 3.63) is 58.3 Å². The number of nitrogens with two attached hydrogens (primary N) is 1. The van der Waals surface area contributed by atoms with Gasteiger partial charge in [-0.2, -0.15) is 0 Å². The molecule has 18 heavy (non-hydrogen) atoms. The molecule has 0 fully saturated rings. The van der Waals surface area contributed by atoms with E-state index in [2.05, 4.69) is 21.2 Å². The summed E-state index contributed by atoms with van der Waals surface area (Å²) in [5.74, 6) is -0.400. The molecule has 4 heteroatoms. The van der Waals surface area contributed by atoms with Crippen LogP contribution in [0.1, 0.15) is 18.5 Å². The van der Waals surface area contributed by atoms with Crippen molar-refractivity contribution < 1.29 is 4.39 Å². The molecule has 0 heterocycles. The Morgan fingerprint density at radius 2 is 1.83 bits per heavy atom. The summed E-state index contributed by atoms with van der Waals surface area (Å²) < 4.78 is 14.3. The van der Waals surface area contributed by atoms with E-state index in [0.29, 0.717) is 5.69 Å². The minimum atomic E-state index is -0.400. The molecule has 0 spiro atoms. The van der Waals surface area contributed by atoms with Gasteiger partial charge in [-0.1, -0.05) is 34.1 Å². The lowest BCUT2D eigenvalue weighted by molar-refractivity contribution is 0.632. The van der Waals surface area contributed by atoms with Gasteiger partial charge in [-0.05, 0) is 36.8 Å². The Balaban J connectivity index is 2.18. The van der Waals surface area contributed by atoms with Crippen molar-refractivity contribution in [2.75, 3.05) is 11.1 Å². The summed E-state index contributed by atoms with van der Waals surface area (Å²) in [6, 6.07) is 12.8. The van der Waals surface area contributed by atoms with Crippen LogP contribution in [-0.2, 0) is 0 Å². The van der Waals surface area contributed by atoms with Crippen molar-refractivity contribution in [3.63, 3.8) is 0 Å². The van der Waals surface area contributed by atoms with Crippen molar-refractivity contribution in [3.8, 4) is 0 Å². The van der Waals surface area contributed by atoms with E-state index in [1.807, 2.05) is 31.2 Å². The number of hydrogen-bond acceptors (Lipinski definition) is 2. The third kappa shape index (κ3) is 2.82. The van der Waals surface area contributed by atoms with Crippen molar-refractivity contribution in [1.82, 2.24) is 0 Å². The largest absolute Gasteiger partial charge is 0.395 e. The highest BCUT2D eigenvalue weighted by molar-refractivity contribution is 9.10. The average Bonchev–Trinajstić information content (AvgIpc) is 2.36. The summed E-state index contributed by atoms with van der Waals surface area (Å²) in [5, 5.41) is 3.21. The van der Waals surface area contributed by atoms with Crippen LogP contribution in [-0.4, -0.2) is 0 Å². The van der Waals surface area contributed by atoms with Crippen molar-refractivity contribution in [1.29, 1.82) is 0 Å². The van der Waals surface area contributed by atoms with Crippen molar-refractivity contribution in [2.45, 2.75) is 13.0 Å². The number of para-hydroxylation sites is 1. The maximum atomic E-state index is 13.3. The van der Waals surface area contributed by atoms with Crippen molar-refractivity contribution >= 4 is 27.3 Å². The Hall–Kier alpha value is -1.55. The van der Waals surface area contributed by atoms with E-state index in [9.17, 15) is 4.39 Å². The second kappa shape index (κ2) is 5.40. The number of anilines is 2. The molecule has 0 bridgehead atoms. The molecule has 2 nitrogen and oxygen atoms in total. The number of hydrogen-bond donors (Lipinski definition) is 2. The quantitative estimate of drug-likeness (QED) is 0.828. The third-order valence-electron chi connectivity index (χ3n) is 2.79. The maximum absolute atomic E-state index is 13.3. The van der Waals surface area contributed by atoms with Gasteiger partial charge >= 0.3 is 0 Å². The lowest BCUT2D eigenvalue weighted by atomic mass is 10.1. The zero-order chi connectivity index (χ0) is 13.1. The lowest BCUT2D eigenvalue weighted by Gasteiger charge is -2.17. The van der Waals surface area contributed by atoms with Crippen LogP contribution in [0.25, 0.3) is 0 Å². The molecular formula is C14H14BrFN2. The molecule has 2 rings (SSSR count). The SMILES string of the molecule is CC(Nc1cccc(F)c1N)c1ccc(Br)cc1. The van der Waals surface area contributed by atoms with Crippen LogP contribution in [0.3, 0.4) is 0 Å². The first-order valence-electron chi connectivity index (χ1n) is 5.64. The molecule has 0 radical (unpaired) electrons.